The topological polar surface area (TPSA) is 85.1 Å². The predicted octanol–water partition coefficient (Wildman–Crippen LogP) is 3.31. The van der Waals surface area contributed by atoms with Crippen molar-refractivity contribution in [3.05, 3.63) is 62.2 Å². The molecule has 0 unspecified atom stereocenters. The molecule has 7 heteroatoms. The number of aryl methyl sites for hydroxylation is 1. The lowest BCUT2D eigenvalue weighted by atomic mass is 10.1. The Morgan fingerprint density at radius 2 is 2.10 bits per heavy atom. The minimum atomic E-state index is -0.527. The van der Waals surface area contributed by atoms with Crippen LogP contribution in [0.2, 0.25) is 0 Å². The molecule has 0 aliphatic carbocycles. The smallest absolute Gasteiger partial charge is 0.270 e. The summed E-state index contributed by atoms with van der Waals surface area (Å²) in [7, 11) is 0. The summed E-state index contributed by atoms with van der Waals surface area (Å²) in [6, 6.07) is 9.32. The standard InChI is InChI=1S/C13H10BrN3O3/c1-8-5-9(7-10(6-8)17(19)20)13(18)16-12-4-2-3-11(14)15-12/h2-7H,1H3,(H,15,16,18). The zero-order valence-corrected chi connectivity index (χ0v) is 12.0. The van der Waals surface area contributed by atoms with Gasteiger partial charge in [-0.05, 0) is 46.6 Å². The molecule has 0 aliphatic heterocycles. The van der Waals surface area contributed by atoms with Crippen LogP contribution in [0.5, 0.6) is 0 Å². The van der Waals surface area contributed by atoms with E-state index >= 15 is 0 Å². The van der Waals surface area contributed by atoms with Crippen molar-refractivity contribution < 1.29 is 9.72 Å². The lowest BCUT2D eigenvalue weighted by molar-refractivity contribution is -0.384. The molecular formula is C13H10BrN3O3. The number of amides is 1. The summed E-state index contributed by atoms with van der Waals surface area (Å²) < 4.78 is 0.588. The van der Waals surface area contributed by atoms with Crippen LogP contribution in [0.1, 0.15) is 15.9 Å². The second kappa shape index (κ2) is 5.79. The van der Waals surface area contributed by atoms with Crippen LogP contribution in [0.25, 0.3) is 0 Å². The molecule has 0 saturated heterocycles. The number of anilines is 1. The highest BCUT2D eigenvalue weighted by Gasteiger charge is 2.13. The number of nitro groups is 1. The van der Waals surface area contributed by atoms with Crippen LogP contribution in [0.3, 0.4) is 0 Å². The molecule has 102 valence electrons. The normalized spacial score (nSPS) is 10.1. The first-order chi connectivity index (χ1) is 9.45. The Morgan fingerprint density at radius 3 is 2.75 bits per heavy atom. The van der Waals surface area contributed by atoms with Crippen molar-refractivity contribution in [2.24, 2.45) is 0 Å². The van der Waals surface area contributed by atoms with Gasteiger partial charge in [0.2, 0.25) is 0 Å². The monoisotopic (exact) mass is 335 g/mol. The first-order valence-electron chi connectivity index (χ1n) is 5.66. The number of hydrogen-bond acceptors (Lipinski definition) is 4. The van der Waals surface area contributed by atoms with Gasteiger partial charge in [0.1, 0.15) is 10.4 Å². The zero-order valence-electron chi connectivity index (χ0n) is 10.5. The Balaban J connectivity index is 2.27. The van der Waals surface area contributed by atoms with E-state index in [1.165, 1.54) is 12.1 Å². The number of halogens is 1. The zero-order chi connectivity index (χ0) is 14.7. The molecule has 0 spiro atoms. The number of rotatable bonds is 3. The third-order valence-electron chi connectivity index (χ3n) is 2.49. The fourth-order valence-corrected chi connectivity index (χ4v) is 2.01. The van der Waals surface area contributed by atoms with Gasteiger partial charge in [0.15, 0.2) is 0 Å². The van der Waals surface area contributed by atoms with Crippen molar-refractivity contribution in [2.45, 2.75) is 6.92 Å². The van der Waals surface area contributed by atoms with Crippen molar-refractivity contribution in [2.75, 3.05) is 5.32 Å². The molecule has 1 aromatic carbocycles. The maximum atomic E-state index is 12.1. The van der Waals surface area contributed by atoms with Gasteiger partial charge in [-0.15, -0.1) is 0 Å². The third kappa shape index (κ3) is 3.39. The van der Waals surface area contributed by atoms with E-state index in [1.807, 2.05) is 0 Å². The fraction of sp³-hybridized carbons (Fsp3) is 0.0769. The van der Waals surface area contributed by atoms with E-state index in [9.17, 15) is 14.9 Å². The second-order valence-electron chi connectivity index (χ2n) is 4.11. The maximum Gasteiger partial charge on any atom is 0.270 e. The summed E-state index contributed by atoms with van der Waals surface area (Å²) in [4.78, 5) is 26.4. The number of carbonyl (C=O) groups is 1. The molecule has 1 N–H and O–H groups in total. The number of non-ortho nitro benzene ring substituents is 1. The SMILES string of the molecule is Cc1cc(C(=O)Nc2cccc(Br)n2)cc([N+](=O)[O-])c1. The lowest BCUT2D eigenvalue weighted by Gasteiger charge is -2.05. The summed E-state index contributed by atoms with van der Waals surface area (Å²) in [5.74, 6) is -0.0732. The molecule has 1 amide bonds. The van der Waals surface area contributed by atoms with Gasteiger partial charge in [-0.1, -0.05) is 6.07 Å². The number of aromatic nitrogens is 1. The van der Waals surface area contributed by atoms with Crippen LogP contribution < -0.4 is 5.32 Å². The lowest BCUT2D eigenvalue weighted by Crippen LogP contribution is -2.13. The molecule has 0 bridgehead atoms. The Labute approximate surface area is 123 Å². The maximum absolute atomic E-state index is 12.1. The molecule has 0 atom stereocenters. The molecule has 0 saturated carbocycles. The highest BCUT2D eigenvalue weighted by atomic mass is 79.9. The van der Waals surface area contributed by atoms with Gasteiger partial charge in [0.25, 0.3) is 11.6 Å². The largest absolute Gasteiger partial charge is 0.307 e. The third-order valence-corrected chi connectivity index (χ3v) is 2.93. The van der Waals surface area contributed by atoms with Crippen molar-refractivity contribution in [1.29, 1.82) is 0 Å². The van der Waals surface area contributed by atoms with Crippen LogP contribution in [-0.2, 0) is 0 Å². The van der Waals surface area contributed by atoms with E-state index in [-0.39, 0.29) is 11.3 Å². The number of hydrogen-bond donors (Lipinski definition) is 1. The average molecular weight is 336 g/mol. The van der Waals surface area contributed by atoms with Crippen LogP contribution in [0.4, 0.5) is 11.5 Å². The number of carbonyl (C=O) groups excluding carboxylic acids is 1. The van der Waals surface area contributed by atoms with Gasteiger partial charge >= 0.3 is 0 Å². The van der Waals surface area contributed by atoms with Gasteiger partial charge in [-0.3, -0.25) is 14.9 Å². The quantitative estimate of drug-likeness (QED) is 0.529. The van der Waals surface area contributed by atoms with E-state index in [2.05, 4.69) is 26.2 Å². The molecule has 6 nitrogen and oxygen atoms in total. The molecule has 0 fully saturated rings. The van der Waals surface area contributed by atoms with Crippen LogP contribution in [0, 0.1) is 17.0 Å². The Morgan fingerprint density at radius 1 is 1.35 bits per heavy atom. The molecule has 0 radical (unpaired) electrons. The number of nitro benzene ring substituents is 1. The van der Waals surface area contributed by atoms with E-state index in [1.54, 1.807) is 31.2 Å². The fourth-order valence-electron chi connectivity index (χ4n) is 1.67. The van der Waals surface area contributed by atoms with Gasteiger partial charge in [-0.25, -0.2) is 4.98 Å². The molecule has 1 aromatic heterocycles. The Bertz CT molecular complexity index is 688. The van der Waals surface area contributed by atoms with Gasteiger partial charge in [0, 0.05) is 17.7 Å². The van der Waals surface area contributed by atoms with Crippen molar-refractivity contribution in [3.63, 3.8) is 0 Å². The minimum absolute atomic E-state index is 0.114. The van der Waals surface area contributed by atoms with Crippen molar-refractivity contribution in [1.82, 2.24) is 4.98 Å². The summed E-state index contributed by atoms with van der Waals surface area (Å²) in [6.45, 7) is 1.70. The number of pyridine rings is 1. The molecule has 20 heavy (non-hydrogen) atoms. The Kier molecular flexibility index (Phi) is 4.09. The van der Waals surface area contributed by atoms with Gasteiger partial charge in [0.05, 0.1) is 4.92 Å². The highest BCUT2D eigenvalue weighted by molar-refractivity contribution is 9.10. The number of benzene rings is 1. The van der Waals surface area contributed by atoms with Gasteiger partial charge < -0.3 is 5.32 Å². The Hall–Kier alpha value is -2.28. The highest BCUT2D eigenvalue weighted by Crippen LogP contribution is 2.18. The van der Waals surface area contributed by atoms with E-state index < -0.39 is 10.8 Å². The predicted molar refractivity (Wildman–Crippen MR) is 77.7 cm³/mol. The van der Waals surface area contributed by atoms with E-state index in [4.69, 9.17) is 0 Å². The van der Waals surface area contributed by atoms with Crippen LogP contribution in [-0.4, -0.2) is 15.8 Å². The summed E-state index contributed by atoms with van der Waals surface area (Å²) in [5.41, 5.74) is 0.752. The van der Waals surface area contributed by atoms with Crippen LogP contribution in [0.15, 0.2) is 41.0 Å². The second-order valence-corrected chi connectivity index (χ2v) is 4.93. The average Bonchev–Trinajstić information content (AvgIpc) is 2.37. The first kappa shape index (κ1) is 14.1. The van der Waals surface area contributed by atoms with E-state index in [0.29, 0.717) is 16.0 Å². The van der Waals surface area contributed by atoms with E-state index in [0.717, 1.165) is 0 Å². The molecule has 2 aromatic rings. The van der Waals surface area contributed by atoms with Crippen molar-refractivity contribution in [3.8, 4) is 0 Å². The molecule has 0 aliphatic rings. The summed E-state index contributed by atoms with van der Waals surface area (Å²) in [5, 5.41) is 13.4. The minimum Gasteiger partial charge on any atom is -0.307 e. The summed E-state index contributed by atoms with van der Waals surface area (Å²) in [6.07, 6.45) is 0. The molecule has 1 heterocycles. The van der Waals surface area contributed by atoms with Crippen LogP contribution >= 0.6 is 15.9 Å². The molecule has 2 rings (SSSR count). The number of nitrogens with one attached hydrogen (secondary N) is 1. The van der Waals surface area contributed by atoms with Gasteiger partial charge in [-0.2, -0.15) is 0 Å². The number of nitrogens with zero attached hydrogens (tertiary/aromatic N) is 2. The van der Waals surface area contributed by atoms with Crippen molar-refractivity contribution >= 4 is 33.3 Å². The first-order valence-corrected chi connectivity index (χ1v) is 6.45. The molecular weight excluding hydrogens is 326 g/mol. The summed E-state index contributed by atoms with van der Waals surface area (Å²) >= 11 is 3.20.